The molecule has 0 atom stereocenters. The summed E-state index contributed by atoms with van der Waals surface area (Å²) >= 11 is 0. The third kappa shape index (κ3) is 2.47. The number of nitrogens with zero attached hydrogens (tertiary/aromatic N) is 2. The predicted molar refractivity (Wildman–Crippen MR) is 55.4 cm³/mol. The van der Waals surface area contributed by atoms with Gasteiger partial charge in [0.05, 0.1) is 11.4 Å². The number of nitrogen functional groups attached to an aromatic ring is 1. The van der Waals surface area contributed by atoms with Crippen molar-refractivity contribution in [2.75, 3.05) is 5.73 Å². The van der Waals surface area contributed by atoms with Crippen molar-refractivity contribution >= 4 is 5.69 Å². The van der Waals surface area contributed by atoms with Crippen LogP contribution in [0.1, 0.15) is 32.4 Å². The van der Waals surface area contributed by atoms with E-state index in [1.165, 1.54) is 12.8 Å². The zero-order valence-corrected chi connectivity index (χ0v) is 8.75. The quantitative estimate of drug-likeness (QED) is 0.774. The normalized spacial score (nSPS) is 11.1. The Morgan fingerprint density at radius 3 is 2.46 bits per heavy atom. The topological polar surface area (TPSA) is 43.8 Å². The van der Waals surface area contributed by atoms with Gasteiger partial charge in [-0.1, -0.05) is 26.7 Å². The molecular formula is C10H19N3. The van der Waals surface area contributed by atoms with Crippen molar-refractivity contribution in [3.63, 3.8) is 0 Å². The van der Waals surface area contributed by atoms with Gasteiger partial charge in [0.15, 0.2) is 0 Å². The SMILES string of the molecule is CCC(CC)Cn1cc(N)c(C)n1. The van der Waals surface area contributed by atoms with Gasteiger partial charge in [0.25, 0.3) is 0 Å². The first-order valence-corrected chi connectivity index (χ1v) is 4.96. The average Bonchev–Trinajstić information content (AvgIpc) is 2.42. The van der Waals surface area contributed by atoms with Gasteiger partial charge < -0.3 is 5.73 Å². The molecule has 0 spiro atoms. The predicted octanol–water partition coefficient (Wildman–Crippen LogP) is 2.21. The smallest absolute Gasteiger partial charge is 0.0822 e. The first-order chi connectivity index (χ1) is 6.17. The second-order valence-corrected chi connectivity index (χ2v) is 3.57. The van der Waals surface area contributed by atoms with E-state index in [-0.39, 0.29) is 0 Å². The highest BCUT2D eigenvalue weighted by Crippen LogP contribution is 2.13. The van der Waals surface area contributed by atoms with Crippen LogP contribution in [0.5, 0.6) is 0 Å². The summed E-state index contributed by atoms with van der Waals surface area (Å²) < 4.78 is 1.96. The molecule has 0 aromatic carbocycles. The molecule has 0 fully saturated rings. The van der Waals surface area contributed by atoms with Gasteiger partial charge in [0, 0.05) is 12.7 Å². The van der Waals surface area contributed by atoms with E-state index in [9.17, 15) is 0 Å². The second-order valence-electron chi connectivity index (χ2n) is 3.57. The highest BCUT2D eigenvalue weighted by atomic mass is 15.3. The lowest BCUT2D eigenvalue weighted by atomic mass is 10.0. The van der Waals surface area contributed by atoms with Crippen molar-refractivity contribution in [2.24, 2.45) is 5.92 Å². The van der Waals surface area contributed by atoms with Gasteiger partial charge in [-0.05, 0) is 12.8 Å². The maximum Gasteiger partial charge on any atom is 0.0822 e. The molecule has 3 heteroatoms. The van der Waals surface area contributed by atoms with Crippen LogP contribution in [0, 0.1) is 12.8 Å². The summed E-state index contributed by atoms with van der Waals surface area (Å²) in [6.07, 6.45) is 4.33. The maximum absolute atomic E-state index is 5.72. The number of nitrogens with two attached hydrogens (primary N) is 1. The fourth-order valence-electron chi connectivity index (χ4n) is 1.44. The zero-order chi connectivity index (χ0) is 9.84. The largest absolute Gasteiger partial charge is 0.396 e. The Kier molecular flexibility index (Phi) is 3.34. The standard InChI is InChI=1S/C10H19N3/c1-4-9(5-2)6-13-7-10(11)8(3)12-13/h7,9H,4-6,11H2,1-3H3. The Hall–Kier alpha value is -0.990. The summed E-state index contributed by atoms with van der Waals surface area (Å²) in [6, 6.07) is 0. The van der Waals surface area contributed by atoms with E-state index >= 15 is 0 Å². The Morgan fingerprint density at radius 2 is 2.08 bits per heavy atom. The Bertz CT molecular complexity index is 242. The van der Waals surface area contributed by atoms with Crippen LogP contribution < -0.4 is 5.73 Å². The minimum atomic E-state index is 0.721. The molecule has 74 valence electrons. The minimum absolute atomic E-state index is 0.721. The zero-order valence-electron chi connectivity index (χ0n) is 8.75. The number of hydrogen-bond acceptors (Lipinski definition) is 2. The summed E-state index contributed by atoms with van der Waals surface area (Å²) in [7, 11) is 0. The van der Waals surface area contributed by atoms with Gasteiger partial charge in [0.2, 0.25) is 0 Å². The molecule has 0 saturated carbocycles. The van der Waals surface area contributed by atoms with Crippen LogP contribution in [0.25, 0.3) is 0 Å². The summed E-state index contributed by atoms with van der Waals surface area (Å²) in [4.78, 5) is 0. The van der Waals surface area contributed by atoms with E-state index in [1.807, 2.05) is 17.8 Å². The molecular weight excluding hydrogens is 162 g/mol. The minimum Gasteiger partial charge on any atom is -0.396 e. The molecule has 1 heterocycles. The summed E-state index contributed by atoms with van der Waals surface area (Å²) in [5, 5.41) is 4.34. The van der Waals surface area contributed by atoms with Crippen LogP contribution in [-0.2, 0) is 6.54 Å². The van der Waals surface area contributed by atoms with E-state index in [0.717, 1.165) is 23.8 Å². The average molecular weight is 181 g/mol. The second kappa shape index (κ2) is 4.30. The van der Waals surface area contributed by atoms with Crippen LogP contribution in [0.3, 0.4) is 0 Å². The number of hydrogen-bond donors (Lipinski definition) is 1. The van der Waals surface area contributed by atoms with Crippen molar-refractivity contribution < 1.29 is 0 Å². The van der Waals surface area contributed by atoms with Crippen molar-refractivity contribution in [1.82, 2.24) is 9.78 Å². The molecule has 0 aliphatic rings. The van der Waals surface area contributed by atoms with E-state index < -0.39 is 0 Å². The summed E-state index contributed by atoms with van der Waals surface area (Å²) in [6.45, 7) is 7.37. The number of rotatable bonds is 4. The monoisotopic (exact) mass is 181 g/mol. The molecule has 0 saturated heterocycles. The van der Waals surface area contributed by atoms with Gasteiger partial charge >= 0.3 is 0 Å². The highest BCUT2D eigenvalue weighted by molar-refractivity contribution is 5.39. The van der Waals surface area contributed by atoms with Crippen molar-refractivity contribution in [2.45, 2.75) is 40.2 Å². The van der Waals surface area contributed by atoms with Crippen LogP contribution in [0.15, 0.2) is 6.20 Å². The molecule has 3 nitrogen and oxygen atoms in total. The molecule has 0 unspecified atom stereocenters. The molecule has 2 N–H and O–H groups in total. The van der Waals surface area contributed by atoms with Gasteiger partial charge in [-0.3, -0.25) is 4.68 Å². The molecule has 0 amide bonds. The highest BCUT2D eigenvalue weighted by Gasteiger charge is 2.06. The Balaban J connectivity index is 2.62. The molecule has 0 radical (unpaired) electrons. The van der Waals surface area contributed by atoms with Crippen LogP contribution in [0.4, 0.5) is 5.69 Å². The van der Waals surface area contributed by atoms with Gasteiger partial charge in [0.1, 0.15) is 0 Å². The Labute approximate surface area is 79.9 Å². The lowest BCUT2D eigenvalue weighted by Crippen LogP contribution is -2.09. The molecule has 0 bridgehead atoms. The van der Waals surface area contributed by atoms with Crippen molar-refractivity contribution in [3.05, 3.63) is 11.9 Å². The fraction of sp³-hybridized carbons (Fsp3) is 0.700. The number of aryl methyl sites for hydroxylation is 1. The van der Waals surface area contributed by atoms with Crippen LogP contribution >= 0.6 is 0 Å². The fourth-order valence-corrected chi connectivity index (χ4v) is 1.44. The van der Waals surface area contributed by atoms with Crippen molar-refractivity contribution in [3.8, 4) is 0 Å². The maximum atomic E-state index is 5.72. The number of aromatic nitrogens is 2. The van der Waals surface area contributed by atoms with E-state index in [4.69, 9.17) is 5.73 Å². The lowest BCUT2D eigenvalue weighted by Gasteiger charge is -2.11. The van der Waals surface area contributed by atoms with Crippen molar-refractivity contribution in [1.29, 1.82) is 0 Å². The van der Waals surface area contributed by atoms with Gasteiger partial charge in [-0.25, -0.2) is 0 Å². The first kappa shape index (κ1) is 10.1. The van der Waals surface area contributed by atoms with E-state index in [0.29, 0.717) is 0 Å². The van der Waals surface area contributed by atoms with Crippen LogP contribution in [0.2, 0.25) is 0 Å². The molecule has 1 rings (SSSR count). The van der Waals surface area contributed by atoms with E-state index in [2.05, 4.69) is 18.9 Å². The van der Waals surface area contributed by atoms with Gasteiger partial charge in [-0.2, -0.15) is 5.10 Å². The Morgan fingerprint density at radius 1 is 1.46 bits per heavy atom. The first-order valence-electron chi connectivity index (χ1n) is 4.96. The molecule has 0 aliphatic heterocycles. The molecule has 13 heavy (non-hydrogen) atoms. The lowest BCUT2D eigenvalue weighted by molar-refractivity contribution is 0.395. The summed E-state index contributed by atoms with van der Waals surface area (Å²) in [5.41, 5.74) is 7.45. The summed E-state index contributed by atoms with van der Waals surface area (Å²) in [5.74, 6) is 0.721. The molecule has 1 aromatic heterocycles. The molecule has 1 aromatic rings. The third-order valence-corrected chi connectivity index (χ3v) is 2.58. The van der Waals surface area contributed by atoms with E-state index in [1.54, 1.807) is 0 Å². The third-order valence-electron chi connectivity index (χ3n) is 2.58. The van der Waals surface area contributed by atoms with Gasteiger partial charge in [-0.15, -0.1) is 0 Å². The molecule has 0 aliphatic carbocycles. The number of anilines is 1. The van der Waals surface area contributed by atoms with Crippen LogP contribution in [-0.4, -0.2) is 9.78 Å².